The molecule has 5 rings (SSSR count). The van der Waals surface area contributed by atoms with Crippen LogP contribution in [0.3, 0.4) is 0 Å². The highest BCUT2D eigenvalue weighted by Gasteiger charge is 2.39. The van der Waals surface area contributed by atoms with Crippen molar-refractivity contribution in [1.29, 1.82) is 0 Å². The Hall–Kier alpha value is -2.41. The van der Waals surface area contributed by atoms with Crippen molar-refractivity contribution in [3.05, 3.63) is 29.3 Å². The van der Waals surface area contributed by atoms with Crippen LogP contribution in [0.4, 0.5) is 0 Å². The predicted octanol–water partition coefficient (Wildman–Crippen LogP) is 2.23. The number of carbonyl (C=O) groups is 3. The molecule has 0 bridgehead atoms. The summed E-state index contributed by atoms with van der Waals surface area (Å²) in [7, 11) is 0. The molecule has 1 aromatic rings. The molecule has 1 N–H and O–H groups in total. The Morgan fingerprint density at radius 1 is 0.967 bits per heavy atom. The molecule has 3 heterocycles. The SMILES string of the molecule is O=C1CCC(N2Cc3cc(OC4CCC[C@@H]4N4CCCCC4)ccc3C2=O)C(=O)N1. The number of imide groups is 1. The minimum absolute atomic E-state index is 0.141. The molecule has 3 fully saturated rings. The summed E-state index contributed by atoms with van der Waals surface area (Å²) >= 11 is 0. The molecule has 3 amide bonds. The lowest BCUT2D eigenvalue weighted by Crippen LogP contribution is -2.52. The number of ether oxygens (including phenoxy) is 1. The Morgan fingerprint density at radius 2 is 1.80 bits per heavy atom. The zero-order valence-electron chi connectivity index (χ0n) is 17.3. The minimum atomic E-state index is -0.578. The average molecular weight is 412 g/mol. The molecule has 3 atom stereocenters. The number of hydrogen-bond donors (Lipinski definition) is 1. The van der Waals surface area contributed by atoms with E-state index in [4.69, 9.17) is 4.74 Å². The molecule has 0 aromatic heterocycles. The van der Waals surface area contributed by atoms with Crippen LogP contribution in [0.1, 0.15) is 67.3 Å². The summed E-state index contributed by atoms with van der Waals surface area (Å²) in [5, 5.41) is 2.35. The Balaban J connectivity index is 1.28. The molecule has 1 aliphatic carbocycles. The van der Waals surface area contributed by atoms with Gasteiger partial charge < -0.3 is 9.64 Å². The smallest absolute Gasteiger partial charge is 0.255 e. The highest BCUT2D eigenvalue weighted by molar-refractivity contribution is 6.05. The van der Waals surface area contributed by atoms with Gasteiger partial charge in [0.15, 0.2) is 0 Å². The van der Waals surface area contributed by atoms with Crippen LogP contribution in [0.2, 0.25) is 0 Å². The number of fused-ring (bicyclic) bond motifs is 1. The zero-order valence-corrected chi connectivity index (χ0v) is 17.3. The molecule has 160 valence electrons. The number of nitrogens with zero attached hydrogens (tertiary/aromatic N) is 2. The third-order valence-electron chi connectivity index (χ3n) is 7.06. The maximum atomic E-state index is 12.9. The van der Waals surface area contributed by atoms with Crippen molar-refractivity contribution in [2.45, 2.75) is 76.1 Å². The van der Waals surface area contributed by atoms with Gasteiger partial charge in [0.25, 0.3) is 5.91 Å². The number of benzene rings is 1. The molecule has 2 unspecified atom stereocenters. The zero-order chi connectivity index (χ0) is 20.7. The van der Waals surface area contributed by atoms with Crippen LogP contribution in [-0.2, 0) is 16.1 Å². The standard InChI is InChI=1S/C23H29N3O4/c27-21-10-9-19(22(28)24-21)26-14-15-13-16(7-8-17(15)23(26)29)30-20-6-4-5-18(20)25-11-2-1-3-12-25/h7-8,13,18-20H,1-6,9-12,14H2,(H,24,27,28)/t18-,19?,20?/m0/s1. The number of rotatable bonds is 4. The maximum absolute atomic E-state index is 12.9. The number of likely N-dealkylation sites (tertiary alicyclic amines) is 1. The van der Waals surface area contributed by atoms with E-state index in [1.54, 1.807) is 4.90 Å². The molecule has 7 heteroatoms. The topological polar surface area (TPSA) is 79.0 Å². The molecule has 7 nitrogen and oxygen atoms in total. The van der Waals surface area contributed by atoms with Gasteiger partial charge in [-0.15, -0.1) is 0 Å². The Morgan fingerprint density at radius 3 is 2.60 bits per heavy atom. The molecule has 0 radical (unpaired) electrons. The van der Waals surface area contributed by atoms with Gasteiger partial charge in [-0.2, -0.15) is 0 Å². The normalized spacial score (nSPS) is 29.8. The van der Waals surface area contributed by atoms with E-state index in [9.17, 15) is 14.4 Å². The van der Waals surface area contributed by atoms with E-state index in [2.05, 4.69) is 10.2 Å². The van der Waals surface area contributed by atoms with Crippen LogP contribution >= 0.6 is 0 Å². The summed E-state index contributed by atoms with van der Waals surface area (Å²) in [5.41, 5.74) is 1.53. The van der Waals surface area contributed by atoms with Crippen molar-refractivity contribution in [2.24, 2.45) is 0 Å². The maximum Gasteiger partial charge on any atom is 0.255 e. The highest BCUT2D eigenvalue weighted by Crippen LogP contribution is 2.33. The van der Waals surface area contributed by atoms with Gasteiger partial charge in [0, 0.05) is 24.6 Å². The summed E-state index contributed by atoms with van der Waals surface area (Å²) in [6, 6.07) is 5.58. The van der Waals surface area contributed by atoms with E-state index >= 15 is 0 Å². The molecule has 2 saturated heterocycles. The number of nitrogens with one attached hydrogen (secondary N) is 1. The van der Waals surface area contributed by atoms with Crippen LogP contribution < -0.4 is 10.1 Å². The highest BCUT2D eigenvalue weighted by atomic mass is 16.5. The lowest BCUT2D eigenvalue weighted by molar-refractivity contribution is -0.136. The van der Waals surface area contributed by atoms with Crippen molar-refractivity contribution < 1.29 is 19.1 Å². The van der Waals surface area contributed by atoms with Crippen molar-refractivity contribution in [2.75, 3.05) is 13.1 Å². The summed E-state index contributed by atoms with van der Waals surface area (Å²) in [5.74, 6) is 0.0221. The van der Waals surface area contributed by atoms with Crippen molar-refractivity contribution >= 4 is 17.7 Å². The largest absolute Gasteiger partial charge is 0.489 e. The first-order valence-electron chi connectivity index (χ1n) is 11.3. The summed E-state index contributed by atoms with van der Waals surface area (Å²) in [6.45, 7) is 2.73. The lowest BCUT2D eigenvalue weighted by Gasteiger charge is -2.35. The molecular weight excluding hydrogens is 382 g/mol. The number of piperidine rings is 2. The van der Waals surface area contributed by atoms with Crippen molar-refractivity contribution in [3.63, 3.8) is 0 Å². The van der Waals surface area contributed by atoms with Gasteiger partial charge in [-0.25, -0.2) is 0 Å². The van der Waals surface area contributed by atoms with E-state index in [-0.39, 0.29) is 30.2 Å². The molecule has 4 aliphatic rings. The molecular formula is C23H29N3O4. The van der Waals surface area contributed by atoms with Crippen molar-refractivity contribution in [3.8, 4) is 5.75 Å². The molecule has 1 saturated carbocycles. The summed E-state index contributed by atoms with van der Waals surface area (Å²) < 4.78 is 6.42. The van der Waals surface area contributed by atoms with Gasteiger partial charge in [-0.1, -0.05) is 6.42 Å². The van der Waals surface area contributed by atoms with Gasteiger partial charge in [0.1, 0.15) is 17.9 Å². The third kappa shape index (κ3) is 3.60. The van der Waals surface area contributed by atoms with Gasteiger partial charge in [0.2, 0.25) is 11.8 Å². The number of carbonyl (C=O) groups excluding carboxylic acids is 3. The second kappa shape index (κ2) is 8.02. The first-order valence-corrected chi connectivity index (χ1v) is 11.3. The first-order chi connectivity index (χ1) is 14.6. The first kappa shape index (κ1) is 19.5. The van der Waals surface area contributed by atoms with Crippen LogP contribution in [0, 0.1) is 0 Å². The minimum Gasteiger partial charge on any atom is -0.489 e. The van der Waals surface area contributed by atoms with E-state index in [1.807, 2.05) is 18.2 Å². The summed E-state index contributed by atoms with van der Waals surface area (Å²) in [4.78, 5) is 40.7. The van der Waals surface area contributed by atoms with Crippen LogP contribution in [0.15, 0.2) is 18.2 Å². The number of hydrogen-bond acceptors (Lipinski definition) is 5. The Kier molecular flexibility index (Phi) is 5.23. The predicted molar refractivity (Wildman–Crippen MR) is 110 cm³/mol. The van der Waals surface area contributed by atoms with Crippen LogP contribution in [0.5, 0.6) is 5.75 Å². The second-order valence-electron chi connectivity index (χ2n) is 8.97. The average Bonchev–Trinajstić information content (AvgIpc) is 3.33. The van der Waals surface area contributed by atoms with Crippen molar-refractivity contribution in [1.82, 2.24) is 15.1 Å². The number of amides is 3. The van der Waals surface area contributed by atoms with E-state index in [1.165, 1.54) is 45.2 Å². The van der Waals surface area contributed by atoms with Gasteiger partial charge in [0.05, 0.1) is 0 Å². The molecule has 0 spiro atoms. The quantitative estimate of drug-likeness (QED) is 0.769. The third-order valence-corrected chi connectivity index (χ3v) is 7.06. The van der Waals surface area contributed by atoms with Gasteiger partial charge in [-0.3, -0.25) is 24.6 Å². The van der Waals surface area contributed by atoms with Crippen LogP contribution in [-0.4, -0.2) is 58.8 Å². The second-order valence-corrected chi connectivity index (χ2v) is 8.97. The lowest BCUT2D eigenvalue weighted by atomic mass is 10.0. The molecule has 30 heavy (non-hydrogen) atoms. The monoisotopic (exact) mass is 411 g/mol. The fourth-order valence-corrected chi connectivity index (χ4v) is 5.51. The fraction of sp³-hybridized carbons (Fsp3) is 0.609. The molecule has 1 aromatic carbocycles. The van der Waals surface area contributed by atoms with E-state index in [0.29, 0.717) is 24.6 Å². The van der Waals surface area contributed by atoms with Gasteiger partial charge in [-0.05, 0) is 75.4 Å². The van der Waals surface area contributed by atoms with E-state index in [0.717, 1.165) is 17.7 Å². The Bertz CT molecular complexity index is 864. The molecule has 3 aliphatic heterocycles. The van der Waals surface area contributed by atoms with E-state index < -0.39 is 6.04 Å². The fourth-order valence-electron chi connectivity index (χ4n) is 5.51. The van der Waals surface area contributed by atoms with Crippen LogP contribution in [0.25, 0.3) is 0 Å². The summed E-state index contributed by atoms with van der Waals surface area (Å²) in [6.07, 6.45) is 8.19. The Labute approximate surface area is 176 Å². The van der Waals surface area contributed by atoms with Gasteiger partial charge >= 0.3 is 0 Å².